The Bertz CT molecular complexity index is 904. The van der Waals surface area contributed by atoms with Crippen molar-refractivity contribution in [2.45, 2.75) is 11.5 Å². The fourth-order valence-corrected chi connectivity index (χ4v) is 2.76. The van der Waals surface area contributed by atoms with Gasteiger partial charge in [0.15, 0.2) is 0 Å². The molecule has 0 saturated carbocycles. The van der Waals surface area contributed by atoms with E-state index < -0.39 is 16.8 Å². The first kappa shape index (κ1) is 16.8. The Morgan fingerprint density at radius 1 is 1.12 bits per heavy atom. The second-order valence-corrected chi connectivity index (χ2v) is 6.64. The smallest absolute Gasteiger partial charge is 0.359 e. The van der Waals surface area contributed by atoms with Crippen LogP contribution in [0.25, 0.3) is 11.1 Å². The van der Waals surface area contributed by atoms with Crippen molar-refractivity contribution >= 4 is 16.8 Å². The molecule has 3 rings (SSSR count). The number of H-pyrrole nitrogens is 1. The van der Waals surface area contributed by atoms with Crippen LogP contribution >= 0.6 is 0 Å². The highest BCUT2D eigenvalue weighted by molar-refractivity contribution is 7.84. The SMILES string of the molecule is CS(=O)c1ccc(-c2ccc(COc3nn[nH]c3C(=O)O)cc2)cc1. The second kappa shape index (κ2) is 7.27. The number of aromatic amines is 1. The first-order valence-electron chi connectivity index (χ1n) is 7.34. The number of carboxylic acid groups (broad SMARTS) is 1. The summed E-state index contributed by atoms with van der Waals surface area (Å²) in [6, 6.07) is 15.2. The summed E-state index contributed by atoms with van der Waals surface area (Å²) in [4.78, 5) is 11.7. The largest absolute Gasteiger partial charge is 0.476 e. The number of aromatic carboxylic acids is 1. The van der Waals surface area contributed by atoms with Gasteiger partial charge < -0.3 is 9.84 Å². The molecule has 0 spiro atoms. The first-order valence-corrected chi connectivity index (χ1v) is 8.90. The molecule has 0 radical (unpaired) electrons. The summed E-state index contributed by atoms with van der Waals surface area (Å²) in [5.74, 6) is -1.22. The third-order valence-corrected chi connectivity index (χ3v) is 4.52. The lowest BCUT2D eigenvalue weighted by Crippen LogP contribution is -2.03. The van der Waals surface area contributed by atoms with Crippen LogP contribution in [0.15, 0.2) is 53.4 Å². The number of hydrogen-bond acceptors (Lipinski definition) is 5. The van der Waals surface area contributed by atoms with Crippen molar-refractivity contribution < 1.29 is 18.8 Å². The molecule has 1 unspecified atom stereocenters. The Hall–Kier alpha value is -3.00. The number of benzene rings is 2. The predicted molar refractivity (Wildman–Crippen MR) is 91.9 cm³/mol. The number of aromatic nitrogens is 3. The van der Waals surface area contributed by atoms with Crippen molar-refractivity contribution in [1.29, 1.82) is 0 Å². The molecule has 1 atom stereocenters. The van der Waals surface area contributed by atoms with Gasteiger partial charge in [-0.1, -0.05) is 46.7 Å². The van der Waals surface area contributed by atoms with Crippen LogP contribution in [0.3, 0.4) is 0 Å². The lowest BCUT2D eigenvalue weighted by atomic mass is 10.0. The van der Waals surface area contributed by atoms with E-state index >= 15 is 0 Å². The van der Waals surface area contributed by atoms with Crippen molar-refractivity contribution in [3.8, 4) is 17.0 Å². The zero-order valence-corrected chi connectivity index (χ0v) is 14.1. The summed E-state index contributed by atoms with van der Waals surface area (Å²) in [6.07, 6.45) is 1.65. The maximum Gasteiger partial charge on any atom is 0.359 e. The summed E-state index contributed by atoms with van der Waals surface area (Å²) < 4.78 is 16.8. The van der Waals surface area contributed by atoms with Crippen LogP contribution in [-0.4, -0.2) is 37.0 Å². The fraction of sp³-hybridized carbons (Fsp3) is 0.118. The molecule has 0 saturated heterocycles. The molecule has 2 aromatic carbocycles. The molecular formula is C17H15N3O4S. The predicted octanol–water partition coefficient (Wildman–Crippen LogP) is 2.49. The lowest BCUT2D eigenvalue weighted by Gasteiger charge is -2.06. The summed E-state index contributed by atoms with van der Waals surface area (Å²) in [6.45, 7) is 0.181. The normalized spacial score (nSPS) is 11.9. The number of carboxylic acids is 1. The van der Waals surface area contributed by atoms with Gasteiger partial charge in [0.05, 0.1) is 0 Å². The van der Waals surface area contributed by atoms with Crippen molar-refractivity contribution in [2.75, 3.05) is 6.26 Å². The number of carbonyl (C=O) groups is 1. The zero-order chi connectivity index (χ0) is 17.8. The molecule has 3 aromatic rings. The average Bonchev–Trinajstić information content (AvgIpc) is 3.09. The van der Waals surface area contributed by atoms with Crippen LogP contribution in [0.1, 0.15) is 16.1 Å². The number of rotatable bonds is 6. The Balaban J connectivity index is 1.68. The molecule has 1 aromatic heterocycles. The molecule has 1 heterocycles. The Morgan fingerprint density at radius 2 is 1.72 bits per heavy atom. The second-order valence-electron chi connectivity index (χ2n) is 5.26. The molecule has 25 heavy (non-hydrogen) atoms. The Kier molecular flexibility index (Phi) is 4.90. The highest BCUT2D eigenvalue weighted by Crippen LogP contribution is 2.22. The van der Waals surface area contributed by atoms with Crippen LogP contribution in [0.4, 0.5) is 0 Å². The topological polar surface area (TPSA) is 105 Å². The van der Waals surface area contributed by atoms with Gasteiger partial charge in [0, 0.05) is 22.0 Å². The van der Waals surface area contributed by atoms with Gasteiger partial charge in [-0.05, 0) is 28.8 Å². The van der Waals surface area contributed by atoms with Crippen LogP contribution in [0.5, 0.6) is 5.88 Å². The van der Waals surface area contributed by atoms with Gasteiger partial charge in [-0.15, -0.1) is 0 Å². The summed E-state index contributed by atoms with van der Waals surface area (Å²) in [5, 5.41) is 18.3. The Morgan fingerprint density at radius 3 is 2.28 bits per heavy atom. The maximum absolute atomic E-state index is 11.4. The molecule has 0 aliphatic heterocycles. The van der Waals surface area contributed by atoms with Gasteiger partial charge >= 0.3 is 5.97 Å². The quantitative estimate of drug-likeness (QED) is 0.702. The fourth-order valence-electron chi connectivity index (χ4n) is 2.24. The van der Waals surface area contributed by atoms with E-state index in [1.165, 1.54) is 0 Å². The van der Waals surface area contributed by atoms with Crippen LogP contribution < -0.4 is 4.74 Å². The molecular weight excluding hydrogens is 342 g/mol. The maximum atomic E-state index is 11.4. The number of nitrogens with one attached hydrogen (secondary N) is 1. The molecule has 2 N–H and O–H groups in total. The minimum atomic E-state index is -1.17. The summed E-state index contributed by atoms with van der Waals surface area (Å²) in [5.41, 5.74) is 2.73. The van der Waals surface area contributed by atoms with Gasteiger partial charge in [-0.2, -0.15) is 0 Å². The van der Waals surface area contributed by atoms with Crippen LogP contribution in [0.2, 0.25) is 0 Å². The van der Waals surface area contributed by atoms with E-state index in [1.54, 1.807) is 6.26 Å². The number of hydrogen-bond donors (Lipinski definition) is 2. The molecule has 0 aliphatic rings. The molecule has 8 heteroatoms. The summed E-state index contributed by atoms with van der Waals surface area (Å²) in [7, 11) is -0.992. The van der Waals surface area contributed by atoms with E-state index in [9.17, 15) is 9.00 Å². The molecule has 0 fully saturated rings. The van der Waals surface area contributed by atoms with Crippen molar-refractivity contribution in [2.24, 2.45) is 0 Å². The first-order chi connectivity index (χ1) is 12.0. The number of ether oxygens (including phenoxy) is 1. The van der Waals surface area contributed by atoms with Crippen LogP contribution in [0, 0.1) is 0 Å². The molecule has 0 bridgehead atoms. The zero-order valence-electron chi connectivity index (χ0n) is 13.3. The van der Waals surface area contributed by atoms with Crippen molar-refractivity contribution in [3.05, 3.63) is 59.8 Å². The molecule has 0 aliphatic carbocycles. The molecule has 0 amide bonds. The van der Waals surface area contributed by atoms with Crippen molar-refractivity contribution in [1.82, 2.24) is 15.4 Å². The highest BCUT2D eigenvalue weighted by Gasteiger charge is 2.15. The van der Waals surface area contributed by atoms with E-state index in [0.717, 1.165) is 21.6 Å². The van der Waals surface area contributed by atoms with Gasteiger partial charge in [0.25, 0.3) is 5.88 Å². The average molecular weight is 357 g/mol. The summed E-state index contributed by atoms with van der Waals surface area (Å²) >= 11 is 0. The monoisotopic (exact) mass is 357 g/mol. The van der Waals surface area contributed by atoms with Crippen molar-refractivity contribution in [3.63, 3.8) is 0 Å². The molecule has 7 nitrogen and oxygen atoms in total. The third kappa shape index (κ3) is 3.92. The van der Waals surface area contributed by atoms with E-state index in [1.807, 2.05) is 48.5 Å². The highest BCUT2D eigenvalue weighted by atomic mass is 32.2. The van der Waals surface area contributed by atoms with E-state index in [-0.39, 0.29) is 18.2 Å². The minimum Gasteiger partial charge on any atom is -0.476 e. The lowest BCUT2D eigenvalue weighted by molar-refractivity contribution is 0.0685. The molecule has 128 valence electrons. The Labute approximate surface area is 146 Å². The standard InChI is InChI=1S/C17H15N3O4S/c1-25(23)14-8-6-13(7-9-14)12-4-2-11(3-5-12)10-24-16-15(17(21)22)18-20-19-16/h2-9H,10H2,1H3,(H,21,22)(H,18,19,20). The minimum absolute atomic E-state index is 0.0419. The van der Waals surface area contributed by atoms with Crippen LogP contribution in [-0.2, 0) is 17.4 Å². The van der Waals surface area contributed by atoms with E-state index in [4.69, 9.17) is 9.84 Å². The van der Waals surface area contributed by atoms with Gasteiger partial charge in [-0.25, -0.2) is 9.89 Å². The number of nitrogens with zero attached hydrogens (tertiary/aromatic N) is 2. The van der Waals surface area contributed by atoms with Gasteiger partial charge in [-0.3, -0.25) is 4.21 Å². The van der Waals surface area contributed by atoms with Gasteiger partial charge in [0.2, 0.25) is 5.69 Å². The third-order valence-electron chi connectivity index (χ3n) is 3.58. The van der Waals surface area contributed by atoms with Gasteiger partial charge in [0.1, 0.15) is 6.61 Å². The van der Waals surface area contributed by atoms with E-state index in [2.05, 4.69) is 15.4 Å². The van der Waals surface area contributed by atoms with E-state index in [0.29, 0.717) is 0 Å².